The SMILES string of the molecule is Cc1cc(NS(=O)(=O)c2ccc([N+](=O)[O-])cc2)ccn1. The van der Waals surface area contributed by atoms with Gasteiger partial charge in [-0.1, -0.05) is 0 Å². The zero-order valence-electron chi connectivity index (χ0n) is 10.5. The molecule has 8 heteroatoms. The van der Waals surface area contributed by atoms with E-state index >= 15 is 0 Å². The maximum Gasteiger partial charge on any atom is 0.269 e. The predicted octanol–water partition coefficient (Wildman–Crippen LogP) is 2.10. The van der Waals surface area contributed by atoms with Gasteiger partial charge in [-0.15, -0.1) is 0 Å². The molecule has 0 saturated carbocycles. The number of hydrogen-bond acceptors (Lipinski definition) is 5. The van der Waals surface area contributed by atoms with Crippen LogP contribution < -0.4 is 4.72 Å². The number of benzene rings is 1. The van der Waals surface area contributed by atoms with E-state index in [1.54, 1.807) is 13.0 Å². The molecule has 104 valence electrons. The maximum atomic E-state index is 12.1. The highest BCUT2D eigenvalue weighted by Crippen LogP contribution is 2.19. The highest BCUT2D eigenvalue weighted by molar-refractivity contribution is 7.92. The van der Waals surface area contributed by atoms with Crippen LogP contribution in [0.5, 0.6) is 0 Å². The minimum absolute atomic E-state index is 0.0439. The quantitative estimate of drug-likeness (QED) is 0.687. The molecule has 0 aliphatic rings. The smallest absolute Gasteiger partial charge is 0.269 e. The minimum Gasteiger partial charge on any atom is -0.280 e. The average Bonchev–Trinajstić information content (AvgIpc) is 2.38. The maximum absolute atomic E-state index is 12.1. The second-order valence-corrected chi connectivity index (χ2v) is 5.72. The summed E-state index contributed by atoms with van der Waals surface area (Å²) in [7, 11) is -3.77. The summed E-state index contributed by atoms with van der Waals surface area (Å²) in [5, 5.41) is 10.5. The summed E-state index contributed by atoms with van der Waals surface area (Å²) >= 11 is 0. The third-order valence-electron chi connectivity index (χ3n) is 2.51. The minimum atomic E-state index is -3.77. The van der Waals surface area contributed by atoms with Crippen LogP contribution in [0.4, 0.5) is 11.4 Å². The van der Waals surface area contributed by atoms with Crippen molar-refractivity contribution in [2.45, 2.75) is 11.8 Å². The number of anilines is 1. The van der Waals surface area contributed by atoms with Crippen molar-refractivity contribution in [2.24, 2.45) is 0 Å². The molecule has 0 radical (unpaired) electrons. The molecule has 0 aliphatic carbocycles. The summed E-state index contributed by atoms with van der Waals surface area (Å²) in [6, 6.07) is 7.78. The van der Waals surface area contributed by atoms with Gasteiger partial charge in [0.15, 0.2) is 0 Å². The predicted molar refractivity (Wildman–Crippen MR) is 72.9 cm³/mol. The molecular formula is C12H11N3O4S. The van der Waals surface area contributed by atoms with Crippen molar-refractivity contribution >= 4 is 21.4 Å². The summed E-state index contributed by atoms with van der Waals surface area (Å²) in [5.74, 6) is 0. The van der Waals surface area contributed by atoms with Crippen LogP contribution in [0.1, 0.15) is 5.69 Å². The van der Waals surface area contributed by atoms with E-state index in [1.807, 2.05) is 0 Å². The van der Waals surface area contributed by atoms with Crippen LogP contribution in [0.15, 0.2) is 47.5 Å². The first-order valence-electron chi connectivity index (χ1n) is 5.58. The van der Waals surface area contributed by atoms with Gasteiger partial charge in [0.25, 0.3) is 15.7 Å². The third kappa shape index (κ3) is 3.09. The van der Waals surface area contributed by atoms with Gasteiger partial charge in [-0.2, -0.15) is 0 Å². The van der Waals surface area contributed by atoms with Gasteiger partial charge in [-0.3, -0.25) is 19.8 Å². The van der Waals surface area contributed by atoms with Crippen molar-refractivity contribution in [3.63, 3.8) is 0 Å². The highest BCUT2D eigenvalue weighted by Gasteiger charge is 2.16. The number of nitrogens with zero attached hydrogens (tertiary/aromatic N) is 2. The Labute approximate surface area is 115 Å². The molecule has 20 heavy (non-hydrogen) atoms. The Balaban J connectivity index is 2.28. The number of pyridine rings is 1. The molecule has 0 aliphatic heterocycles. The van der Waals surface area contributed by atoms with Gasteiger partial charge >= 0.3 is 0 Å². The van der Waals surface area contributed by atoms with Crippen LogP contribution in [-0.4, -0.2) is 18.3 Å². The topological polar surface area (TPSA) is 102 Å². The Morgan fingerprint density at radius 2 is 1.85 bits per heavy atom. The van der Waals surface area contributed by atoms with Crippen LogP contribution >= 0.6 is 0 Å². The Morgan fingerprint density at radius 3 is 2.40 bits per heavy atom. The molecule has 0 atom stereocenters. The number of sulfonamides is 1. The largest absolute Gasteiger partial charge is 0.280 e. The number of nitro benzene ring substituents is 1. The molecule has 1 heterocycles. The highest BCUT2D eigenvalue weighted by atomic mass is 32.2. The zero-order valence-corrected chi connectivity index (χ0v) is 11.3. The lowest BCUT2D eigenvalue weighted by Gasteiger charge is -2.08. The van der Waals surface area contributed by atoms with Gasteiger partial charge < -0.3 is 0 Å². The van der Waals surface area contributed by atoms with Crippen molar-refractivity contribution in [2.75, 3.05) is 4.72 Å². The van der Waals surface area contributed by atoms with Crippen LogP contribution in [0, 0.1) is 17.0 Å². The second kappa shape index (κ2) is 5.25. The van der Waals surface area contributed by atoms with Crippen molar-refractivity contribution in [3.05, 3.63) is 58.4 Å². The second-order valence-electron chi connectivity index (χ2n) is 4.04. The number of hydrogen-bond donors (Lipinski definition) is 1. The van der Waals surface area contributed by atoms with Crippen molar-refractivity contribution in [1.82, 2.24) is 4.98 Å². The van der Waals surface area contributed by atoms with Gasteiger partial charge in [0.2, 0.25) is 0 Å². The normalized spacial score (nSPS) is 11.1. The number of nitrogens with one attached hydrogen (secondary N) is 1. The fraction of sp³-hybridized carbons (Fsp3) is 0.0833. The Hall–Kier alpha value is -2.48. The lowest BCUT2D eigenvalue weighted by Crippen LogP contribution is -2.13. The van der Waals surface area contributed by atoms with E-state index in [4.69, 9.17) is 0 Å². The molecule has 1 N–H and O–H groups in total. The van der Waals surface area contributed by atoms with Crippen LogP contribution in [0.25, 0.3) is 0 Å². The zero-order chi connectivity index (χ0) is 14.8. The first-order chi connectivity index (χ1) is 9.38. The van der Waals surface area contributed by atoms with Crippen molar-refractivity contribution in [3.8, 4) is 0 Å². The van der Waals surface area contributed by atoms with E-state index in [-0.39, 0.29) is 10.6 Å². The molecule has 0 amide bonds. The summed E-state index contributed by atoms with van der Waals surface area (Å²) in [5.41, 5.74) is 0.897. The van der Waals surface area contributed by atoms with E-state index in [0.29, 0.717) is 11.4 Å². The number of aryl methyl sites for hydroxylation is 1. The number of rotatable bonds is 4. The lowest BCUT2D eigenvalue weighted by atomic mass is 10.3. The van der Waals surface area contributed by atoms with E-state index < -0.39 is 14.9 Å². The van der Waals surface area contributed by atoms with E-state index in [9.17, 15) is 18.5 Å². The van der Waals surface area contributed by atoms with E-state index in [1.165, 1.54) is 24.4 Å². The monoisotopic (exact) mass is 293 g/mol. The van der Waals surface area contributed by atoms with Crippen LogP contribution in [0.2, 0.25) is 0 Å². The number of nitro groups is 1. The summed E-state index contributed by atoms with van der Waals surface area (Å²) in [6.07, 6.45) is 1.49. The fourth-order valence-electron chi connectivity index (χ4n) is 1.57. The molecule has 0 fully saturated rings. The molecule has 0 spiro atoms. The number of non-ortho nitro benzene ring substituents is 1. The standard InChI is InChI=1S/C12H11N3O4S/c1-9-8-10(6-7-13-9)14-20(18,19)12-4-2-11(3-5-12)15(16)17/h2-8H,1H3,(H,13,14). The Morgan fingerprint density at radius 1 is 1.20 bits per heavy atom. The molecule has 7 nitrogen and oxygen atoms in total. The van der Waals surface area contributed by atoms with Gasteiger partial charge in [-0.25, -0.2) is 8.42 Å². The molecule has 1 aromatic carbocycles. The van der Waals surface area contributed by atoms with E-state index in [0.717, 1.165) is 12.1 Å². The van der Waals surface area contributed by atoms with Gasteiger partial charge in [0.1, 0.15) is 0 Å². The lowest BCUT2D eigenvalue weighted by molar-refractivity contribution is -0.384. The molecule has 0 bridgehead atoms. The summed E-state index contributed by atoms with van der Waals surface area (Å²) in [4.78, 5) is 13.9. The first kappa shape index (κ1) is 13.9. The molecule has 2 rings (SSSR count). The van der Waals surface area contributed by atoms with Crippen molar-refractivity contribution < 1.29 is 13.3 Å². The van der Waals surface area contributed by atoms with Crippen LogP contribution in [0.3, 0.4) is 0 Å². The Bertz CT molecular complexity index is 742. The molecule has 0 saturated heterocycles. The summed E-state index contributed by atoms with van der Waals surface area (Å²) < 4.78 is 26.6. The van der Waals surface area contributed by atoms with Gasteiger partial charge in [0.05, 0.1) is 15.5 Å². The fourth-order valence-corrected chi connectivity index (χ4v) is 2.62. The molecule has 0 unspecified atom stereocenters. The first-order valence-corrected chi connectivity index (χ1v) is 7.07. The van der Waals surface area contributed by atoms with Gasteiger partial charge in [-0.05, 0) is 31.2 Å². The van der Waals surface area contributed by atoms with Crippen molar-refractivity contribution in [1.29, 1.82) is 0 Å². The van der Waals surface area contributed by atoms with Crippen LogP contribution in [-0.2, 0) is 10.0 Å². The molecule has 2 aromatic rings. The average molecular weight is 293 g/mol. The summed E-state index contributed by atoms with van der Waals surface area (Å²) in [6.45, 7) is 1.74. The van der Waals surface area contributed by atoms with E-state index in [2.05, 4.69) is 9.71 Å². The number of aromatic nitrogens is 1. The third-order valence-corrected chi connectivity index (χ3v) is 3.90. The molecular weight excluding hydrogens is 282 g/mol. The van der Waals surface area contributed by atoms with Gasteiger partial charge in [0, 0.05) is 24.0 Å². The molecule has 1 aromatic heterocycles. The Kier molecular flexibility index (Phi) is 3.66.